The Labute approximate surface area is 132 Å². The highest BCUT2D eigenvalue weighted by atomic mass is 16.3. The van der Waals surface area contributed by atoms with Crippen molar-refractivity contribution in [1.82, 2.24) is 10.3 Å². The van der Waals surface area contributed by atoms with E-state index in [1.165, 1.54) is 0 Å². The number of aromatic amines is 1. The minimum Gasteiger partial charge on any atom is -0.508 e. The van der Waals surface area contributed by atoms with Gasteiger partial charge in [0.05, 0.1) is 6.42 Å². The van der Waals surface area contributed by atoms with E-state index in [2.05, 4.69) is 10.3 Å². The fourth-order valence-electron chi connectivity index (χ4n) is 3.06. The molecule has 0 unspecified atom stereocenters. The molecule has 2 heterocycles. The Morgan fingerprint density at radius 2 is 2.09 bits per heavy atom. The maximum atomic E-state index is 11.8. The minimum atomic E-state index is -0.311. The lowest BCUT2D eigenvalue weighted by molar-refractivity contribution is -0.129. The minimum absolute atomic E-state index is 0.220. The SMILES string of the molecule is O=C1CC2=CC(=Cc3c[nH]c4cc(O)ccc34)CC=C2C(=O)N1. The number of phenols is 1. The van der Waals surface area contributed by atoms with Crippen LogP contribution in [0, 0.1) is 0 Å². The Balaban J connectivity index is 1.72. The highest BCUT2D eigenvalue weighted by Gasteiger charge is 2.26. The summed E-state index contributed by atoms with van der Waals surface area (Å²) in [7, 11) is 0. The zero-order valence-electron chi connectivity index (χ0n) is 12.2. The summed E-state index contributed by atoms with van der Waals surface area (Å²) in [5.41, 5.74) is 4.29. The molecule has 0 bridgehead atoms. The lowest BCUT2D eigenvalue weighted by atomic mass is 9.88. The molecule has 2 amide bonds. The molecular formula is C18H14N2O3. The summed E-state index contributed by atoms with van der Waals surface area (Å²) in [5.74, 6) is -0.353. The molecule has 1 aliphatic heterocycles. The van der Waals surface area contributed by atoms with E-state index in [4.69, 9.17) is 0 Å². The van der Waals surface area contributed by atoms with Crippen molar-refractivity contribution < 1.29 is 14.7 Å². The molecule has 2 aromatic rings. The molecule has 5 nitrogen and oxygen atoms in total. The van der Waals surface area contributed by atoms with Crippen LogP contribution in [-0.2, 0) is 9.59 Å². The van der Waals surface area contributed by atoms with Gasteiger partial charge in [0.15, 0.2) is 0 Å². The summed E-state index contributed by atoms with van der Waals surface area (Å²) >= 11 is 0. The van der Waals surface area contributed by atoms with Gasteiger partial charge >= 0.3 is 0 Å². The van der Waals surface area contributed by atoms with Gasteiger partial charge < -0.3 is 10.1 Å². The second-order valence-electron chi connectivity index (χ2n) is 5.74. The second-order valence-corrected chi connectivity index (χ2v) is 5.74. The Morgan fingerprint density at radius 1 is 1.22 bits per heavy atom. The smallest absolute Gasteiger partial charge is 0.257 e. The van der Waals surface area contributed by atoms with E-state index >= 15 is 0 Å². The molecule has 1 fully saturated rings. The zero-order chi connectivity index (χ0) is 16.0. The average molecular weight is 306 g/mol. The summed E-state index contributed by atoms with van der Waals surface area (Å²) in [5, 5.41) is 12.9. The monoisotopic (exact) mass is 306 g/mol. The van der Waals surface area contributed by atoms with Crippen LogP contribution < -0.4 is 5.32 Å². The molecular weight excluding hydrogens is 292 g/mol. The van der Waals surface area contributed by atoms with Crippen molar-refractivity contribution in [2.75, 3.05) is 0 Å². The molecule has 114 valence electrons. The molecule has 5 heteroatoms. The van der Waals surface area contributed by atoms with E-state index in [1.54, 1.807) is 12.1 Å². The number of fused-ring (bicyclic) bond motifs is 2. The van der Waals surface area contributed by atoms with Crippen LogP contribution in [0.15, 0.2) is 53.3 Å². The van der Waals surface area contributed by atoms with Gasteiger partial charge in [-0.05, 0) is 35.8 Å². The van der Waals surface area contributed by atoms with E-state index in [0.29, 0.717) is 12.0 Å². The largest absolute Gasteiger partial charge is 0.508 e. The summed E-state index contributed by atoms with van der Waals surface area (Å²) in [6.45, 7) is 0. The quantitative estimate of drug-likeness (QED) is 0.708. The predicted octanol–water partition coefficient (Wildman–Crippen LogP) is 2.56. The molecule has 0 radical (unpaired) electrons. The first-order valence-corrected chi connectivity index (χ1v) is 7.36. The highest BCUT2D eigenvalue weighted by molar-refractivity contribution is 6.12. The molecule has 3 N–H and O–H groups in total. The zero-order valence-corrected chi connectivity index (χ0v) is 12.2. The predicted molar refractivity (Wildman–Crippen MR) is 86.5 cm³/mol. The molecule has 0 atom stereocenters. The third kappa shape index (κ3) is 2.36. The van der Waals surface area contributed by atoms with Crippen LogP contribution in [0.5, 0.6) is 5.75 Å². The van der Waals surface area contributed by atoms with Gasteiger partial charge in [-0.15, -0.1) is 0 Å². The molecule has 1 saturated heterocycles. The number of amides is 2. The maximum absolute atomic E-state index is 11.8. The molecule has 0 saturated carbocycles. The first-order valence-electron chi connectivity index (χ1n) is 7.36. The van der Waals surface area contributed by atoms with Crippen molar-refractivity contribution >= 4 is 28.8 Å². The van der Waals surface area contributed by atoms with E-state index in [0.717, 1.165) is 27.6 Å². The van der Waals surface area contributed by atoms with Crippen molar-refractivity contribution in [2.24, 2.45) is 0 Å². The number of benzene rings is 1. The van der Waals surface area contributed by atoms with Gasteiger partial charge in [-0.3, -0.25) is 14.9 Å². The van der Waals surface area contributed by atoms with Gasteiger partial charge in [0.25, 0.3) is 5.91 Å². The number of nitrogens with one attached hydrogen (secondary N) is 2. The normalized spacial score (nSPS) is 19.4. The van der Waals surface area contributed by atoms with Gasteiger partial charge in [0, 0.05) is 34.3 Å². The Hall–Kier alpha value is -3.08. The molecule has 0 spiro atoms. The number of allylic oxidation sites excluding steroid dienone is 3. The van der Waals surface area contributed by atoms with Gasteiger partial charge in [-0.1, -0.05) is 12.2 Å². The Kier molecular flexibility index (Phi) is 2.94. The summed E-state index contributed by atoms with van der Waals surface area (Å²) in [4.78, 5) is 26.4. The molecule has 1 aromatic heterocycles. The summed E-state index contributed by atoms with van der Waals surface area (Å²) < 4.78 is 0. The van der Waals surface area contributed by atoms with Crippen molar-refractivity contribution in [1.29, 1.82) is 0 Å². The standard InChI is InChI=1S/C18H14N2O3/c21-13-2-4-14-12(9-19-16(14)8-13)6-10-1-3-15-11(5-10)7-17(22)20-18(15)23/h2-6,8-9,19,21H,1,7H2,(H,20,22,23). The number of hydrogen-bond donors (Lipinski definition) is 3. The van der Waals surface area contributed by atoms with Crippen molar-refractivity contribution in [3.05, 3.63) is 58.8 Å². The van der Waals surface area contributed by atoms with E-state index in [-0.39, 0.29) is 24.0 Å². The second kappa shape index (κ2) is 4.98. The van der Waals surface area contributed by atoms with Gasteiger partial charge in [0.2, 0.25) is 5.91 Å². The van der Waals surface area contributed by atoms with E-state index < -0.39 is 0 Å². The average Bonchev–Trinajstić information content (AvgIpc) is 2.88. The number of phenolic OH excluding ortho intramolecular Hbond substituents is 1. The van der Waals surface area contributed by atoms with Crippen LogP contribution in [0.2, 0.25) is 0 Å². The van der Waals surface area contributed by atoms with Crippen LogP contribution in [0.3, 0.4) is 0 Å². The molecule has 23 heavy (non-hydrogen) atoms. The van der Waals surface area contributed by atoms with Crippen molar-refractivity contribution in [3.8, 4) is 5.75 Å². The maximum Gasteiger partial charge on any atom is 0.257 e. The number of hydrogen-bond acceptors (Lipinski definition) is 3. The molecule has 2 aliphatic rings. The Morgan fingerprint density at radius 3 is 2.96 bits per heavy atom. The van der Waals surface area contributed by atoms with Gasteiger partial charge in [-0.25, -0.2) is 0 Å². The number of rotatable bonds is 1. The van der Waals surface area contributed by atoms with Crippen LogP contribution in [0.25, 0.3) is 17.0 Å². The van der Waals surface area contributed by atoms with Crippen LogP contribution in [0.1, 0.15) is 18.4 Å². The van der Waals surface area contributed by atoms with E-state index in [9.17, 15) is 14.7 Å². The third-order valence-electron chi connectivity index (χ3n) is 4.13. The third-order valence-corrected chi connectivity index (χ3v) is 4.13. The molecule has 1 aromatic carbocycles. The first kappa shape index (κ1) is 13.6. The van der Waals surface area contributed by atoms with Gasteiger partial charge in [-0.2, -0.15) is 0 Å². The highest BCUT2D eigenvalue weighted by Crippen LogP contribution is 2.30. The fraction of sp³-hybridized carbons (Fsp3) is 0.111. The van der Waals surface area contributed by atoms with Crippen LogP contribution >= 0.6 is 0 Å². The number of imide groups is 1. The van der Waals surface area contributed by atoms with Crippen molar-refractivity contribution in [2.45, 2.75) is 12.8 Å². The number of aromatic nitrogens is 1. The number of carbonyl (C=O) groups is 2. The lowest BCUT2D eigenvalue weighted by Gasteiger charge is -2.21. The topological polar surface area (TPSA) is 82.2 Å². The Bertz CT molecular complexity index is 944. The van der Waals surface area contributed by atoms with Gasteiger partial charge in [0.1, 0.15) is 5.75 Å². The number of H-pyrrole nitrogens is 1. The van der Waals surface area contributed by atoms with E-state index in [1.807, 2.05) is 30.5 Å². The number of aromatic hydroxyl groups is 1. The lowest BCUT2D eigenvalue weighted by Crippen LogP contribution is -2.37. The van der Waals surface area contributed by atoms with Crippen LogP contribution in [0.4, 0.5) is 0 Å². The summed E-state index contributed by atoms with van der Waals surface area (Å²) in [6, 6.07) is 5.20. The van der Waals surface area contributed by atoms with Crippen LogP contribution in [-0.4, -0.2) is 21.9 Å². The summed E-state index contributed by atoms with van der Waals surface area (Å²) in [6.07, 6.45) is 8.58. The first-order chi connectivity index (χ1) is 11.1. The molecule has 1 aliphatic carbocycles. The number of piperidine rings is 1. The molecule has 4 rings (SSSR count). The fourth-order valence-corrected chi connectivity index (χ4v) is 3.06. The van der Waals surface area contributed by atoms with Crippen molar-refractivity contribution in [3.63, 3.8) is 0 Å². The number of carbonyl (C=O) groups excluding carboxylic acids is 2.